The number of thioether (sulfide) groups is 1. The quantitative estimate of drug-likeness (QED) is 0.583. The van der Waals surface area contributed by atoms with Crippen LogP contribution in [0.3, 0.4) is 0 Å². The summed E-state index contributed by atoms with van der Waals surface area (Å²) in [6.07, 6.45) is 2.23. The van der Waals surface area contributed by atoms with E-state index < -0.39 is 0 Å². The number of nitrogens with zero attached hydrogens (tertiary/aromatic N) is 2. The minimum absolute atomic E-state index is 0.104. The van der Waals surface area contributed by atoms with E-state index >= 15 is 0 Å². The van der Waals surface area contributed by atoms with Gasteiger partial charge in [-0.1, -0.05) is 6.07 Å². The van der Waals surface area contributed by atoms with Gasteiger partial charge in [0.15, 0.2) is 0 Å². The highest BCUT2D eigenvalue weighted by atomic mass is 32.2. The van der Waals surface area contributed by atoms with Crippen molar-refractivity contribution >= 4 is 34.7 Å². The van der Waals surface area contributed by atoms with Crippen molar-refractivity contribution in [1.29, 1.82) is 0 Å². The SMILES string of the molecule is O=C(CSc1ccc(F)cc1)N1N=C(c2cccs2)CC1c1ccco1. The van der Waals surface area contributed by atoms with E-state index in [0.29, 0.717) is 6.42 Å². The Morgan fingerprint density at radius 2 is 2.12 bits per heavy atom. The number of benzene rings is 1. The summed E-state index contributed by atoms with van der Waals surface area (Å²) in [5.41, 5.74) is 0.890. The molecule has 1 aliphatic rings. The molecule has 4 nitrogen and oxygen atoms in total. The van der Waals surface area contributed by atoms with Crippen LogP contribution in [0.4, 0.5) is 4.39 Å². The van der Waals surface area contributed by atoms with E-state index in [-0.39, 0.29) is 23.5 Å². The maximum Gasteiger partial charge on any atom is 0.253 e. The number of thiophene rings is 1. The van der Waals surface area contributed by atoms with Gasteiger partial charge in [0.25, 0.3) is 5.91 Å². The van der Waals surface area contributed by atoms with Crippen molar-refractivity contribution in [2.24, 2.45) is 5.10 Å². The molecular formula is C19H15FN2O2S2. The highest BCUT2D eigenvalue weighted by Crippen LogP contribution is 2.34. The van der Waals surface area contributed by atoms with Crippen molar-refractivity contribution < 1.29 is 13.6 Å². The Balaban J connectivity index is 1.52. The molecular weight excluding hydrogens is 371 g/mol. The number of carbonyl (C=O) groups excluding carboxylic acids is 1. The van der Waals surface area contributed by atoms with Gasteiger partial charge in [0.1, 0.15) is 17.6 Å². The number of hydrogen-bond acceptors (Lipinski definition) is 5. The molecule has 0 radical (unpaired) electrons. The second-order valence-corrected chi connectivity index (χ2v) is 7.74. The fourth-order valence-corrected chi connectivity index (χ4v) is 4.25. The molecule has 3 heterocycles. The number of hydrogen-bond donors (Lipinski definition) is 0. The Morgan fingerprint density at radius 3 is 2.81 bits per heavy atom. The first kappa shape index (κ1) is 17.1. The van der Waals surface area contributed by atoms with Crippen LogP contribution >= 0.6 is 23.1 Å². The zero-order valence-corrected chi connectivity index (χ0v) is 15.3. The van der Waals surface area contributed by atoms with Gasteiger partial charge in [-0.25, -0.2) is 9.40 Å². The molecule has 1 unspecified atom stereocenters. The second kappa shape index (κ2) is 7.47. The van der Waals surface area contributed by atoms with E-state index in [1.54, 1.807) is 29.7 Å². The Hall–Kier alpha value is -2.38. The van der Waals surface area contributed by atoms with Gasteiger partial charge >= 0.3 is 0 Å². The number of halogens is 1. The minimum Gasteiger partial charge on any atom is -0.467 e. The smallest absolute Gasteiger partial charge is 0.253 e. The lowest BCUT2D eigenvalue weighted by atomic mass is 10.1. The Morgan fingerprint density at radius 1 is 1.27 bits per heavy atom. The van der Waals surface area contributed by atoms with Crippen LogP contribution in [0.5, 0.6) is 0 Å². The maximum absolute atomic E-state index is 13.0. The molecule has 1 atom stereocenters. The normalized spacial score (nSPS) is 16.7. The maximum atomic E-state index is 13.0. The van der Waals surface area contributed by atoms with E-state index in [0.717, 1.165) is 21.2 Å². The molecule has 0 fully saturated rings. The van der Waals surface area contributed by atoms with Crippen LogP contribution in [-0.2, 0) is 4.79 Å². The molecule has 0 N–H and O–H groups in total. The van der Waals surface area contributed by atoms with Crippen molar-refractivity contribution in [2.75, 3.05) is 5.75 Å². The van der Waals surface area contributed by atoms with Crippen LogP contribution in [0, 0.1) is 5.82 Å². The highest BCUT2D eigenvalue weighted by molar-refractivity contribution is 8.00. The van der Waals surface area contributed by atoms with Gasteiger partial charge in [0.2, 0.25) is 0 Å². The molecule has 2 aromatic heterocycles. The van der Waals surface area contributed by atoms with Gasteiger partial charge in [-0.3, -0.25) is 4.79 Å². The van der Waals surface area contributed by atoms with E-state index in [1.165, 1.54) is 28.9 Å². The van der Waals surface area contributed by atoms with E-state index in [1.807, 2.05) is 29.6 Å². The topological polar surface area (TPSA) is 45.8 Å². The summed E-state index contributed by atoms with van der Waals surface area (Å²) in [7, 11) is 0. The summed E-state index contributed by atoms with van der Waals surface area (Å²) < 4.78 is 18.5. The number of amides is 1. The summed E-state index contributed by atoms with van der Waals surface area (Å²) in [6.45, 7) is 0. The molecule has 1 aliphatic heterocycles. The second-order valence-electron chi connectivity index (χ2n) is 5.74. The van der Waals surface area contributed by atoms with Crippen molar-refractivity contribution in [2.45, 2.75) is 17.4 Å². The molecule has 0 bridgehead atoms. The van der Waals surface area contributed by atoms with Gasteiger partial charge in [-0.2, -0.15) is 5.10 Å². The van der Waals surface area contributed by atoms with Crippen LogP contribution in [0.2, 0.25) is 0 Å². The molecule has 1 aromatic carbocycles. The molecule has 0 saturated carbocycles. The van der Waals surface area contributed by atoms with Crippen LogP contribution < -0.4 is 0 Å². The summed E-state index contributed by atoms with van der Waals surface area (Å²) >= 11 is 2.97. The highest BCUT2D eigenvalue weighted by Gasteiger charge is 2.34. The van der Waals surface area contributed by atoms with Crippen LogP contribution in [0.15, 0.2) is 74.6 Å². The third kappa shape index (κ3) is 3.59. The summed E-state index contributed by atoms with van der Waals surface area (Å²) in [4.78, 5) is 14.7. The Bertz CT molecular complexity index is 906. The van der Waals surface area contributed by atoms with Gasteiger partial charge in [-0.15, -0.1) is 23.1 Å². The Kier molecular flexibility index (Phi) is 4.90. The van der Waals surface area contributed by atoms with Crippen molar-refractivity contribution in [3.05, 3.63) is 76.6 Å². The van der Waals surface area contributed by atoms with Gasteiger partial charge < -0.3 is 4.42 Å². The molecule has 3 aromatic rings. The van der Waals surface area contributed by atoms with Crippen molar-refractivity contribution in [1.82, 2.24) is 5.01 Å². The fourth-order valence-electron chi connectivity index (χ4n) is 2.78. The molecule has 26 heavy (non-hydrogen) atoms. The van der Waals surface area contributed by atoms with Crippen molar-refractivity contribution in [3.63, 3.8) is 0 Å². The zero-order valence-electron chi connectivity index (χ0n) is 13.7. The molecule has 0 saturated heterocycles. The minimum atomic E-state index is -0.289. The molecule has 132 valence electrons. The average Bonchev–Trinajstić information content (AvgIpc) is 3.41. The molecule has 4 rings (SSSR count). The van der Waals surface area contributed by atoms with Gasteiger partial charge in [-0.05, 0) is 47.8 Å². The first-order chi connectivity index (χ1) is 12.7. The first-order valence-electron chi connectivity index (χ1n) is 8.06. The third-order valence-electron chi connectivity index (χ3n) is 4.02. The van der Waals surface area contributed by atoms with E-state index in [9.17, 15) is 9.18 Å². The Labute approximate surface area is 158 Å². The summed E-state index contributed by atoms with van der Waals surface area (Å²) in [6, 6.07) is 13.5. The van der Waals surface area contributed by atoms with E-state index in [2.05, 4.69) is 5.10 Å². The number of rotatable bonds is 5. The van der Waals surface area contributed by atoms with Gasteiger partial charge in [0, 0.05) is 11.3 Å². The van der Waals surface area contributed by atoms with Crippen molar-refractivity contribution in [3.8, 4) is 0 Å². The largest absolute Gasteiger partial charge is 0.467 e. The number of furan rings is 1. The lowest BCUT2D eigenvalue weighted by molar-refractivity contribution is -0.130. The van der Waals surface area contributed by atoms with Crippen LogP contribution in [-0.4, -0.2) is 22.4 Å². The van der Waals surface area contributed by atoms with Crippen LogP contribution in [0.1, 0.15) is 23.1 Å². The molecule has 0 aliphatic carbocycles. The predicted octanol–water partition coefficient (Wildman–Crippen LogP) is 4.95. The van der Waals surface area contributed by atoms with E-state index in [4.69, 9.17) is 4.42 Å². The average molecular weight is 386 g/mol. The lowest BCUT2D eigenvalue weighted by Crippen LogP contribution is -2.28. The monoisotopic (exact) mass is 386 g/mol. The molecule has 0 spiro atoms. The summed E-state index contributed by atoms with van der Waals surface area (Å²) in [5.74, 6) is 0.556. The lowest BCUT2D eigenvalue weighted by Gasteiger charge is -2.19. The molecule has 1 amide bonds. The number of hydrazone groups is 1. The fraction of sp³-hybridized carbons (Fsp3) is 0.158. The van der Waals surface area contributed by atoms with Gasteiger partial charge in [0.05, 0.1) is 22.6 Å². The predicted molar refractivity (Wildman–Crippen MR) is 101 cm³/mol. The molecule has 7 heteroatoms. The summed E-state index contributed by atoms with van der Waals surface area (Å²) in [5, 5.41) is 8.08. The standard InChI is InChI=1S/C19H15FN2O2S2/c20-13-5-7-14(8-6-13)26-12-19(23)22-16(17-3-1-9-24-17)11-15(21-22)18-4-2-10-25-18/h1-10,16H,11-12H2. The van der Waals surface area contributed by atoms with Crippen LogP contribution in [0.25, 0.3) is 0 Å². The first-order valence-corrected chi connectivity index (χ1v) is 9.92. The zero-order chi connectivity index (χ0) is 17.9. The number of carbonyl (C=O) groups is 1. The third-order valence-corrected chi connectivity index (χ3v) is 5.93.